The number of hydroxylamine groups is 1. The van der Waals surface area contributed by atoms with Crippen LogP contribution < -0.4 is 10.4 Å². The van der Waals surface area contributed by atoms with Crippen LogP contribution in [-0.2, 0) is 4.79 Å². The second kappa shape index (κ2) is 10.9. The van der Waals surface area contributed by atoms with Crippen LogP contribution in [0.25, 0.3) is 0 Å². The van der Waals surface area contributed by atoms with Gasteiger partial charge >= 0.3 is 0 Å². The Morgan fingerprint density at radius 1 is 1.15 bits per heavy atom. The zero-order valence-electron chi connectivity index (χ0n) is 16.4. The van der Waals surface area contributed by atoms with E-state index in [2.05, 4.69) is 33.9 Å². The summed E-state index contributed by atoms with van der Waals surface area (Å²) in [7, 11) is 4.17. The number of carbonyl (C=O) groups excluding carboxylic acids is 2. The van der Waals surface area contributed by atoms with Crippen LogP contribution in [0.5, 0.6) is 0 Å². The monoisotopic (exact) mass is 377 g/mol. The number of hydrogen-bond donors (Lipinski definition) is 2. The van der Waals surface area contributed by atoms with Gasteiger partial charge in [-0.2, -0.15) is 0 Å². The lowest BCUT2D eigenvalue weighted by atomic mass is 10.1. The van der Waals surface area contributed by atoms with Gasteiger partial charge in [-0.1, -0.05) is 19.3 Å². The van der Waals surface area contributed by atoms with Crippen LogP contribution in [0.2, 0.25) is 0 Å². The third kappa shape index (κ3) is 6.88. The van der Waals surface area contributed by atoms with Gasteiger partial charge in [-0.3, -0.25) is 14.8 Å². The Morgan fingerprint density at radius 3 is 2.37 bits per heavy atom. The summed E-state index contributed by atoms with van der Waals surface area (Å²) in [6.45, 7) is 1.86. The molecule has 1 saturated heterocycles. The first kappa shape index (κ1) is 21.2. The molecule has 1 amide bonds. The van der Waals surface area contributed by atoms with Crippen molar-refractivity contribution in [2.45, 2.75) is 57.4 Å². The van der Waals surface area contributed by atoms with Crippen molar-refractivity contribution in [3.63, 3.8) is 0 Å². The highest BCUT2D eigenvalue weighted by Crippen LogP contribution is 2.18. The predicted molar refractivity (Wildman–Crippen MR) is 103 cm³/mol. The van der Waals surface area contributed by atoms with Crippen LogP contribution in [0, 0.1) is 0 Å². The van der Waals surface area contributed by atoms with Crippen molar-refractivity contribution in [3.8, 4) is 0 Å². The highest BCUT2D eigenvalue weighted by atomic mass is 16.5. The molecule has 2 heterocycles. The molecule has 0 spiro atoms. The van der Waals surface area contributed by atoms with Crippen LogP contribution in [0.4, 0.5) is 5.95 Å². The molecule has 0 bridgehead atoms. The average molecular weight is 377 g/mol. The number of Topliss-reactive ketones (excluding diaryl/α,β-unsaturated/α-hetero) is 1. The second-order valence-corrected chi connectivity index (χ2v) is 7.35. The fourth-order valence-electron chi connectivity index (χ4n) is 3.28. The number of hydrogen-bond acceptors (Lipinski definition) is 7. The number of nitrogens with one attached hydrogen (secondary N) is 1. The molecule has 0 aliphatic carbocycles. The molecule has 1 atom stereocenters. The summed E-state index contributed by atoms with van der Waals surface area (Å²) in [4.78, 5) is 36.3. The van der Waals surface area contributed by atoms with E-state index in [-0.39, 0.29) is 11.7 Å². The molecule has 1 fully saturated rings. The van der Waals surface area contributed by atoms with Crippen molar-refractivity contribution in [2.24, 2.45) is 0 Å². The Balaban J connectivity index is 1.66. The average Bonchev–Trinajstić information content (AvgIpc) is 3.17. The minimum atomic E-state index is -0.347. The summed E-state index contributed by atoms with van der Waals surface area (Å²) in [5.74, 6) is 0.427. The van der Waals surface area contributed by atoms with Crippen LogP contribution in [0.15, 0.2) is 12.4 Å². The van der Waals surface area contributed by atoms with E-state index in [0.29, 0.717) is 30.4 Å². The van der Waals surface area contributed by atoms with Gasteiger partial charge in [0.15, 0.2) is 5.78 Å². The van der Waals surface area contributed by atoms with E-state index in [4.69, 9.17) is 5.21 Å². The zero-order valence-corrected chi connectivity index (χ0v) is 16.4. The Morgan fingerprint density at radius 2 is 1.78 bits per heavy atom. The number of likely N-dealkylation sites (N-methyl/N-ethyl adjacent to an activating group) is 1. The molecule has 150 valence electrons. The van der Waals surface area contributed by atoms with E-state index in [9.17, 15) is 9.59 Å². The number of aromatic nitrogens is 2. The first-order valence-corrected chi connectivity index (χ1v) is 9.71. The van der Waals surface area contributed by atoms with Gasteiger partial charge < -0.3 is 9.80 Å². The molecule has 0 radical (unpaired) electrons. The van der Waals surface area contributed by atoms with Crippen molar-refractivity contribution in [1.82, 2.24) is 20.3 Å². The molecule has 2 rings (SSSR count). The van der Waals surface area contributed by atoms with Crippen LogP contribution in [0.3, 0.4) is 0 Å². The quantitative estimate of drug-likeness (QED) is 0.263. The van der Waals surface area contributed by atoms with E-state index in [1.165, 1.54) is 0 Å². The van der Waals surface area contributed by atoms with Crippen molar-refractivity contribution in [2.75, 3.05) is 32.1 Å². The maximum atomic E-state index is 12.3. The standard InChI is InChI=1S/C19H31N5O3/c1-23(2)16-10-11-24(14-16)19-20-12-15(13-21-19)17(25)8-6-4-3-5-7-9-18(26)22-27/h12-13,16,27H,3-11,14H2,1-2H3,(H,22,26)/t16-/m1/s1. The largest absolute Gasteiger partial charge is 0.339 e. The van der Waals surface area contributed by atoms with E-state index in [1.54, 1.807) is 17.9 Å². The molecule has 0 saturated carbocycles. The number of ketones is 1. The van der Waals surface area contributed by atoms with E-state index in [1.807, 2.05) is 0 Å². The molecule has 0 aromatic carbocycles. The predicted octanol–water partition coefficient (Wildman–Crippen LogP) is 2.04. The molecule has 1 aromatic rings. The highest BCUT2D eigenvalue weighted by Gasteiger charge is 2.25. The third-order valence-electron chi connectivity index (χ3n) is 5.07. The number of nitrogens with zero attached hydrogens (tertiary/aromatic N) is 4. The second-order valence-electron chi connectivity index (χ2n) is 7.35. The third-order valence-corrected chi connectivity index (χ3v) is 5.07. The Labute approximate surface area is 160 Å². The molecule has 27 heavy (non-hydrogen) atoms. The van der Waals surface area contributed by atoms with Crippen LogP contribution in [0.1, 0.15) is 61.7 Å². The van der Waals surface area contributed by atoms with Gasteiger partial charge in [0.2, 0.25) is 11.9 Å². The van der Waals surface area contributed by atoms with Gasteiger partial charge in [0, 0.05) is 44.4 Å². The fourth-order valence-corrected chi connectivity index (χ4v) is 3.28. The lowest BCUT2D eigenvalue weighted by Crippen LogP contribution is -2.32. The molecule has 8 heteroatoms. The summed E-state index contributed by atoms with van der Waals surface area (Å²) in [6.07, 6.45) is 9.63. The number of amides is 1. The van der Waals surface area contributed by atoms with Crippen molar-refractivity contribution < 1.29 is 14.8 Å². The molecule has 2 N–H and O–H groups in total. The van der Waals surface area contributed by atoms with Crippen molar-refractivity contribution >= 4 is 17.6 Å². The number of carbonyl (C=O) groups is 2. The first-order chi connectivity index (χ1) is 13.0. The van der Waals surface area contributed by atoms with Crippen LogP contribution in [-0.4, -0.2) is 65.0 Å². The molecule has 8 nitrogen and oxygen atoms in total. The molecule has 0 unspecified atom stereocenters. The SMILES string of the molecule is CN(C)[C@@H]1CCN(c2ncc(C(=O)CCCCCCCC(=O)NO)cn2)C1. The molecule has 1 aromatic heterocycles. The van der Waals surface area contributed by atoms with Crippen LogP contribution >= 0.6 is 0 Å². The Bertz CT molecular complexity index is 606. The maximum absolute atomic E-state index is 12.3. The molecule has 1 aliphatic rings. The summed E-state index contributed by atoms with van der Waals surface area (Å²) < 4.78 is 0. The summed E-state index contributed by atoms with van der Waals surface area (Å²) in [6, 6.07) is 0.521. The Hall–Kier alpha value is -2.06. The lowest BCUT2D eigenvalue weighted by Gasteiger charge is -2.20. The van der Waals surface area contributed by atoms with Gasteiger partial charge in [-0.15, -0.1) is 0 Å². The first-order valence-electron chi connectivity index (χ1n) is 9.71. The van der Waals surface area contributed by atoms with Gasteiger partial charge in [0.1, 0.15) is 0 Å². The smallest absolute Gasteiger partial charge is 0.243 e. The molecular formula is C19H31N5O3. The maximum Gasteiger partial charge on any atom is 0.243 e. The van der Waals surface area contributed by atoms with Crippen molar-refractivity contribution in [1.29, 1.82) is 0 Å². The zero-order chi connectivity index (χ0) is 19.6. The normalized spacial score (nSPS) is 16.7. The van der Waals surface area contributed by atoms with Gasteiger partial charge in [0.25, 0.3) is 0 Å². The van der Waals surface area contributed by atoms with Gasteiger partial charge in [0.05, 0.1) is 5.56 Å². The number of rotatable bonds is 11. The minimum absolute atomic E-state index is 0.0776. The minimum Gasteiger partial charge on any atom is -0.339 e. The van der Waals surface area contributed by atoms with Gasteiger partial charge in [-0.05, 0) is 33.4 Å². The van der Waals surface area contributed by atoms with E-state index < -0.39 is 0 Å². The number of unbranched alkanes of at least 4 members (excludes halogenated alkanes) is 4. The summed E-state index contributed by atoms with van der Waals surface area (Å²) in [5.41, 5.74) is 2.20. The lowest BCUT2D eigenvalue weighted by molar-refractivity contribution is -0.129. The topological polar surface area (TPSA) is 98.7 Å². The van der Waals surface area contributed by atoms with Gasteiger partial charge in [-0.25, -0.2) is 15.4 Å². The number of anilines is 1. The van der Waals surface area contributed by atoms with E-state index >= 15 is 0 Å². The fraction of sp³-hybridized carbons (Fsp3) is 0.684. The van der Waals surface area contributed by atoms with E-state index in [0.717, 1.165) is 51.6 Å². The summed E-state index contributed by atoms with van der Waals surface area (Å²) in [5, 5.41) is 8.41. The molecular weight excluding hydrogens is 346 g/mol. The highest BCUT2D eigenvalue weighted by molar-refractivity contribution is 5.95. The van der Waals surface area contributed by atoms with Crippen molar-refractivity contribution in [3.05, 3.63) is 18.0 Å². The summed E-state index contributed by atoms with van der Waals surface area (Å²) >= 11 is 0. The Kier molecular flexibility index (Phi) is 8.60. The molecule has 1 aliphatic heterocycles.